The molecule has 0 aliphatic heterocycles. The monoisotopic (exact) mass is 376 g/mol. The van der Waals surface area contributed by atoms with E-state index in [0.29, 0.717) is 16.9 Å². The third-order valence-electron chi connectivity index (χ3n) is 3.97. The largest absolute Gasteiger partial charge is 0.496 e. The second-order valence-corrected chi connectivity index (χ2v) is 5.84. The van der Waals surface area contributed by atoms with E-state index < -0.39 is 17.6 Å². The van der Waals surface area contributed by atoms with E-state index in [4.69, 9.17) is 9.47 Å². The molecule has 0 saturated carbocycles. The van der Waals surface area contributed by atoms with Gasteiger partial charge in [0.05, 0.1) is 18.2 Å². The van der Waals surface area contributed by atoms with Crippen LogP contribution >= 0.6 is 0 Å². The third-order valence-corrected chi connectivity index (χ3v) is 3.97. The molecule has 5 heteroatoms. The molecule has 0 spiro atoms. The molecule has 0 bridgehead atoms. The highest BCUT2D eigenvalue weighted by Crippen LogP contribution is 2.24. The SMILES string of the molecule is COc1ccccc1/C=C/C(=O)c1cc(F)ccc1OC(=O)c1ccccc1. The number of benzene rings is 3. The van der Waals surface area contributed by atoms with E-state index >= 15 is 0 Å². The van der Waals surface area contributed by atoms with Crippen molar-refractivity contribution in [2.24, 2.45) is 0 Å². The molecule has 0 aliphatic rings. The van der Waals surface area contributed by atoms with Crippen molar-refractivity contribution >= 4 is 17.8 Å². The van der Waals surface area contributed by atoms with Crippen LogP contribution in [0.2, 0.25) is 0 Å². The maximum atomic E-state index is 13.7. The summed E-state index contributed by atoms with van der Waals surface area (Å²) in [6, 6.07) is 19.0. The van der Waals surface area contributed by atoms with Crippen molar-refractivity contribution in [1.29, 1.82) is 0 Å². The fourth-order valence-corrected chi connectivity index (χ4v) is 2.58. The molecule has 0 radical (unpaired) electrons. The summed E-state index contributed by atoms with van der Waals surface area (Å²) >= 11 is 0. The topological polar surface area (TPSA) is 52.6 Å². The standard InChI is InChI=1S/C23H17FO4/c1-27-21-10-6-5-7-16(21)11-13-20(25)19-15-18(24)12-14-22(19)28-23(26)17-8-3-2-4-9-17/h2-15H,1H3/b13-11+. The predicted molar refractivity (Wildman–Crippen MR) is 104 cm³/mol. The summed E-state index contributed by atoms with van der Waals surface area (Å²) in [6.07, 6.45) is 2.85. The Balaban J connectivity index is 1.87. The lowest BCUT2D eigenvalue weighted by Crippen LogP contribution is -2.11. The average Bonchev–Trinajstić information content (AvgIpc) is 2.74. The predicted octanol–water partition coefficient (Wildman–Crippen LogP) is 4.95. The average molecular weight is 376 g/mol. The number of carbonyl (C=O) groups is 2. The molecule has 0 amide bonds. The van der Waals surface area contributed by atoms with Crippen molar-refractivity contribution < 1.29 is 23.5 Å². The maximum Gasteiger partial charge on any atom is 0.343 e. The second-order valence-electron chi connectivity index (χ2n) is 5.84. The Hall–Kier alpha value is -3.73. The summed E-state index contributed by atoms with van der Waals surface area (Å²) in [4.78, 5) is 24.9. The van der Waals surface area contributed by atoms with Gasteiger partial charge in [0.2, 0.25) is 0 Å². The van der Waals surface area contributed by atoms with Crippen LogP contribution in [0.25, 0.3) is 6.08 Å². The van der Waals surface area contributed by atoms with Crippen LogP contribution < -0.4 is 9.47 Å². The van der Waals surface area contributed by atoms with Crippen molar-refractivity contribution in [1.82, 2.24) is 0 Å². The number of methoxy groups -OCH3 is 1. The maximum absolute atomic E-state index is 13.7. The molecule has 0 fully saturated rings. The van der Waals surface area contributed by atoms with E-state index in [9.17, 15) is 14.0 Å². The zero-order valence-corrected chi connectivity index (χ0v) is 15.1. The van der Waals surface area contributed by atoms with Crippen LogP contribution in [0.15, 0.2) is 78.9 Å². The molecule has 0 N–H and O–H groups in total. The lowest BCUT2D eigenvalue weighted by Gasteiger charge is -2.09. The number of hydrogen-bond acceptors (Lipinski definition) is 4. The quantitative estimate of drug-likeness (QED) is 0.264. The lowest BCUT2D eigenvalue weighted by atomic mass is 10.1. The Bertz CT molecular complexity index is 1030. The molecule has 0 aliphatic carbocycles. The molecule has 28 heavy (non-hydrogen) atoms. The fraction of sp³-hybridized carbons (Fsp3) is 0.0435. The van der Waals surface area contributed by atoms with Gasteiger partial charge in [0.25, 0.3) is 0 Å². The number of ether oxygens (including phenoxy) is 2. The van der Waals surface area contributed by atoms with E-state index in [1.165, 1.54) is 19.3 Å². The number of ketones is 1. The lowest BCUT2D eigenvalue weighted by molar-refractivity contribution is 0.0733. The highest BCUT2D eigenvalue weighted by Gasteiger charge is 2.16. The van der Waals surface area contributed by atoms with Crippen molar-refractivity contribution in [3.05, 3.63) is 101 Å². The number of carbonyl (C=O) groups excluding carboxylic acids is 2. The van der Waals surface area contributed by atoms with Gasteiger partial charge >= 0.3 is 5.97 Å². The summed E-state index contributed by atoms with van der Waals surface area (Å²) < 4.78 is 24.3. The summed E-state index contributed by atoms with van der Waals surface area (Å²) in [7, 11) is 1.53. The summed E-state index contributed by atoms with van der Waals surface area (Å²) in [5.41, 5.74) is 0.975. The molecular formula is C23H17FO4. The van der Waals surface area contributed by atoms with E-state index in [2.05, 4.69) is 0 Å². The molecule has 0 unspecified atom stereocenters. The minimum atomic E-state index is -0.630. The van der Waals surface area contributed by atoms with Crippen LogP contribution in [0.1, 0.15) is 26.3 Å². The first-order valence-electron chi connectivity index (χ1n) is 8.50. The molecule has 0 saturated heterocycles. The van der Waals surface area contributed by atoms with Crippen LogP contribution in [-0.2, 0) is 0 Å². The van der Waals surface area contributed by atoms with Crippen LogP contribution in [0, 0.1) is 5.82 Å². The molecule has 140 valence electrons. The van der Waals surface area contributed by atoms with Crippen molar-refractivity contribution in [2.45, 2.75) is 0 Å². The molecule has 0 heterocycles. The zero-order chi connectivity index (χ0) is 19.9. The summed E-state index contributed by atoms with van der Waals surface area (Å²) in [5, 5.41) is 0. The number of halogens is 1. The molecular weight excluding hydrogens is 359 g/mol. The fourth-order valence-electron chi connectivity index (χ4n) is 2.58. The van der Waals surface area contributed by atoms with E-state index in [0.717, 1.165) is 12.1 Å². The third kappa shape index (κ3) is 4.51. The number of hydrogen-bond donors (Lipinski definition) is 0. The molecule has 0 aromatic heterocycles. The van der Waals surface area contributed by atoms with Gasteiger partial charge in [-0.15, -0.1) is 0 Å². The smallest absolute Gasteiger partial charge is 0.343 e. The van der Waals surface area contributed by atoms with Gasteiger partial charge in [-0.25, -0.2) is 9.18 Å². The van der Waals surface area contributed by atoms with Crippen LogP contribution in [0.3, 0.4) is 0 Å². The van der Waals surface area contributed by atoms with E-state index in [1.54, 1.807) is 48.5 Å². The summed E-state index contributed by atoms with van der Waals surface area (Å²) in [5.74, 6) is -1.14. The molecule has 0 atom stereocenters. The van der Waals surface area contributed by atoms with Crippen molar-refractivity contribution in [3.8, 4) is 11.5 Å². The van der Waals surface area contributed by atoms with Gasteiger partial charge in [-0.1, -0.05) is 36.4 Å². The van der Waals surface area contributed by atoms with Crippen LogP contribution in [0.5, 0.6) is 11.5 Å². The second kappa shape index (κ2) is 8.77. The minimum Gasteiger partial charge on any atom is -0.496 e. The van der Waals surface area contributed by atoms with Crippen LogP contribution in [0.4, 0.5) is 4.39 Å². The Morgan fingerprint density at radius 1 is 0.893 bits per heavy atom. The Morgan fingerprint density at radius 2 is 1.61 bits per heavy atom. The van der Waals surface area contributed by atoms with E-state index in [1.807, 2.05) is 12.1 Å². The number of para-hydroxylation sites is 1. The number of esters is 1. The van der Waals surface area contributed by atoms with Gasteiger partial charge in [-0.3, -0.25) is 4.79 Å². The summed E-state index contributed by atoms with van der Waals surface area (Å²) in [6.45, 7) is 0. The van der Waals surface area contributed by atoms with E-state index in [-0.39, 0.29) is 11.3 Å². The number of allylic oxidation sites excluding steroid dienone is 1. The zero-order valence-electron chi connectivity index (χ0n) is 15.1. The van der Waals surface area contributed by atoms with Crippen molar-refractivity contribution in [2.75, 3.05) is 7.11 Å². The Kier molecular flexibility index (Phi) is 5.97. The Morgan fingerprint density at radius 3 is 2.36 bits per heavy atom. The minimum absolute atomic E-state index is 0.00932. The van der Waals surface area contributed by atoms with Crippen molar-refractivity contribution in [3.63, 3.8) is 0 Å². The van der Waals surface area contributed by atoms with Gasteiger partial charge < -0.3 is 9.47 Å². The first-order valence-corrected chi connectivity index (χ1v) is 8.50. The van der Waals surface area contributed by atoms with Gasteiger partial charge in [0.1, 0.15) is 17.3 Å². The van der Waals surface area contributed by atoms with Crippen LogP contribution in [-0.4, -0.2) is 18.9 Å². The molecule has 3 aromatic carbocycles. The van der Waals surface area contributed by atoms with Gasteiger partial charge in [-0.2, -0.15) is 0 Å². The highest BCUT2D eigenvalue weighted by atomic mass is 19.1. The first kappa shape index (κ1) is 19.0. The van der Waals surface area contributed by atoms with Gasteiger partial charge in [0, 0.05) is 5.56 Å². The molecule has 4 nitrogen and oxygen atoms in total. The van der Waals surface area contributed by atoms with Gasteiger partial charge in [0.15, 0.2) is 5.78 Å². The number of rotatable bonds is 6. The van der Waals surface area contributed by atoms with Gasteiger partial charge in [-0.05, 0) is 48.6 Å². The highest BCUT2D eigenvalue weighted by molar-refractivity contribution is 6.09. The first-order chi connectivity index (χ1) is 13.6. The normalized spacial score (nSPS) is 10.6. The molecule has 3 aromatic rings. The molecule has 3 rings (SSSR count). The Labute approximate surface area is 161 Å².